The third-order valence-corrected chi connectivity index (χ3v) is 15.5. The SMILES string of the molecule is CC/C=C\C/C=C\C/C=C\C/C=C\C/C=C\C/C=C\C/C=C\CCCCCCCCCCCCCCCCCCCC(=O)NC(CO)C(O)/C=C/CC/C=C/CCCCCCCCCCCCCCCCCCCCCCCC. The number of carbonyl (C=O) groups is 1. The van der Waals surface area contributed by atoms with Crippen LogP contribution in [0.5, 0.6) is 0 Å². The second-order valence-electron chi connectivity index (χ2n) is 23.2. The summed E-state index contributed by atoms with van der Waals surface area (Å²) in [7, 11) is 0. The van der Waals surface area contributed by atoms with E-state index in [9.17, 15) is 15.0 Å². The number of amides is 1. The van der Waals surface area contributed by atoms with Crippen molar-refractivity contribution in [2.75, 3.05) is 6.61 Å². The van der Waals surface area contributed by atoms with Crippen LogP contribution in [0.3, 0.4) is 0 Å². The minimum atomic E-state index is -0.868. The van der Waals surface area contributed by atoms with Crippen LogP contribution in [0, 0.1) is 0 Å². The second-order valence-corrected chi connectivity index (χ2v) is 23.2. The number of hydrogen-bond donors (Lipinski definition) is 3. The molecule has 79 heavy (non-hydrogen) atoms. The lowest BCUT2D eigenvalue weighted by Gasteiger charge is -2.19. The molecular weight excluding hydrogens is 963 g/mol. The fraction of sp³-hybridized carbons (Fsp3) is 0.747. The molecular formula is C75H133NO3. The molecule has 0 heterocycles. The quantitative estimate of drug-likeness (QED) is 0.0420. The van der Waals surface area contributed by atoms with Crippen LogP contribution in [0.4, 0.5) is 0 Å². The lowest BCUT2D eigenvalue weighted by Crippen LogP contribution is -2.45. The molecule has 456 valence electrons. The molecule has 0 rings (SSSR count). The Labute approximate surface area is 493 Å². The lowest BCUT2D eigenvalue weighted by atomic mass is 10.0. The number of unbranched alkanes of at least 4 members (excludes halogenated alkanes) is 40. The predicted molar refractivity (Wildman–Crippen MR) is 354 cm³/mol. The Kier molecular flexibility index (Phi) is 66.7. The highest BCUT2D eigenvalue weighted by atomic mass is 16.3. The summed E-state index contributed by atoms with van der Waals surface area (Å²) in [6.07, 6.45) is 105. The first-order chi connectivity index (χ1) is 39.2. The molecule has 4 nitrogen and oxygen atoms in total. The van der Waals surface area contributed by atoms with Crippen molar-refractivity contribution >= 4 is 5.91 Å². The zero-order chi connectivity index (χ0) is 56.9. The van der Waals surface area contributed by atoms with Gasteiger partial charge in [0.2, 0.25) is 5.91 Å². The van der Waals surface area contributed by atoms with Crippen LogP contribution in [0.1, 0.15) is 341 Å². The van der Waals surface area contributed by atoms with E-state index < -0.39 is 12.1 Å². The Bertz CT molecular complexity index is 1480. The molecule has 0 saturated heterocycles. The van der Waals surface area contributed by atoms with E-state index in [-0.39, 0.29) is 12.5 Å². The minimum Gasteiger partial charge on any atom is -0.394 e. The summed E-state index contributed by atoms with van der Waals surface area (Å²) in [6, 6.07) is -0.645. The molecule has 4 heteroatoms. The number of aliphatic hydroxyl groups excluding tert-OH is 2. The van der Waals surface area contributed by atoms with E-state index in [0.717, 1.165) is 77.0 Å². The first-order valence-electron chi connectivity index (χ1n) is 34.6. The standard InChI is InChI=1S/C75H133NO3/c1-3-5-7-9-11-13-15-17-19-21-23-25-27-29-31-33-34-35-36-37-38-39-40-41-42-43-45-47-49-51-53-55-57-59-61-63-65-67-69-71-75(79)76-73(72-77)74(78)70-68-66-64-62-60-58-56-54-52-50-48-46-44-32-30-28-26-24-22-20-18-16-14-12-10-8-6-4-2/h5,7,11,13,17,19,23,25,29,31,34-35,37-38,60,62,68,70,73-74,77-78H,3-4,6,8-10,12,14-16,18,20-22,24,26-28,30,32-33,36,39-59,61,63-67,69,71-72H2,1-2H3,(H,76,79)/b7-5-,13-11-,19-17-,25-23-,31-29-,35-34-,38-37-,62-60+,70-68+. The summed E-state index contributed by atoms with van der Waals surface area (Å²) in [4.78, 5) is 12.5. The van der Waals surface area contributed by atoms with Crippen LogP contribution in [0.2, 0.25) is 0 Å². The van der Waals surface area contributed by atoms with Crippen molar-refractivity contribution in [1.29, 1.82) is 0 Å². The Morgan fingerprint density at radius 1 is 0.316 bits per heavy atom. The molecule has 0 aliphatic carbocycles. The fourth-order valence-corrected chi connectivity index (χ4v) is 10.3. The van der Waals surface area contributed by atoms with Gasteiger partial charge in [0, 0.05) is 6.42 Å². The molecule has 0 radical (unpaired) electrons. The Hall–Kier alpha value is -2.95. The summed E-state index contributed by atoms with van der Waals surface area (Å²) < 4.78 is 0. The van der Waals surface area contributed by atoms with Crippen molar-refractivity contribution in [3.05, 3.63) is 109 Å². The van der Waals surface area contributed by atoms with Gasteiger partial charge in [-0.2, -0.15) is 0 Å². The van der Waals surface area contributed by atoms with Gasteiger partial charge in [-0.05, 0) is 89.9 Å². The van der Waals surface area contributed by atoms with E-state index in [0.29, 0.717) is 6.42 Å². The van der Waals surface area contributed by atoms with Gasteiger partial charge in [0.1, 0.15) is 0 Å². The van der Waals surface area contributed by atoms with Crippen LogP contribution in [0.25, 0.3) is 0 Å². The Morgan fingerprint density at radius 3 is 0.886 bits per heavy atom. The third kappa shape index (κ3) is 65.7. The van der Waals surface area contributed by atoms with Gasteiger partial charge in [-0.1, -0.05) is 354 Å². The second kappa shape index (κ2) is 69.3. The number of nitrogens with one attached hydrogen (secondary N) is 1. The van der Waals surface area contributed by atoms with Crippen LogP contribution in [-0.2, 0) is 4.79 Å². The van der Waals surface area contributed by atoms with E-state index in [1.165, 1.54) is 244 Å². The topological polar surface area (TPSA) is 69.6 Å². The highest BCUT2D eigenvalue weighted by Crippen LogP contribution is 2.18. The predicted octanol–water partition coefficient (Wildman–Crippen LogP) is 23.8. The van der Waals surface area contributed by atoms with E-state index in [4.69, 9.17) is 0 Å². The maximum atomic E-state index is 12.5. The molecule has 0 fully saturated rings. The average molecular weight is 1100 g/mol. The Morgan fingerprint density at radius 2 is 0.570 bits per heavy atom. The van der Waals surface area contributed by atoms with Crippen LogP contribution >= 0.6 is 0 Å². The summed E-state index contributed by atoms with van der Waals surface area (Å²) >= 11 is 0. The van der Waals surface area contributed by atoms with E-state index in [1.54, 1.807) is 6.08 Å². The monoisotopic (exact) mass is 1100 g/mol. The molecule has 2 atom stereocenters. The van der Waals surface area contributed by atoms with Crippen LogP contribution < -0.4 is 5.32 Å². The zero-order valence-electron chi connectivity index (χ0n) is 52.6. The number of aliphatic hydroxyl groups is 2. The average Bonchev–Trinajstić information content (AvgIpc) is 3.45. The van der Waals surface area contributed by atoms with Crippen molar-refractivity contribution in [1.82, 2.24) is 5.32 Å². The summed E-state index contributed by atoms with van der Waals surface area (Å²) in [6.45, 7) is 4.21. The molecule has 3 N–H and O–H groups in total. The van der Waals surface area contributed by atoms with Crippen molar-refractivity contribution in [2.24, 2.45) is 0 Å². The van der Waals surface area contributed by atoms with Crippen molar-refractivity contribution in [3.8, 4) is 0 Å². The highest BCUT2D eigenvalue weighted by molar-refractivity contribution is 5.76. The maximum absolute atomic E-state index is 12.5. The summed E-state index contributed by atoms with van der Waals surface area (Å²) in [5.74, 6) is -0.0721. The van der Waals surface area contributed by atoms with Gasteiger partial charge in [0.05, 0.1) is 18.8 Å². The normalized spacial score (nSPS) is 13.4. The minimum absolute atomic E-state index is 0.0721. The molecule has 0 aliphatic rings. The largest absolute Gasteiger partial charge is 0.394 e. The zero-order valence-corrected chi connectivity index (χ0v) is 52.6. The van der Waals surface area contributed by atoms with Gasteiger partial charge >= 0.3 is 0 Å². The van der Waals surface area contributed by atoms with Crippen LogP contribution in [0.15, 0.2) is 109 Å². The van der Waals surface area contributed by atoms with Gasteiger partial charge in [-0.3, -0.25) is 4.79 Å². The van der Waals surface area contributed by atoms with Gasteiger partial charge in [0.25, 0.3) is 0 Å². The van der Waals surface area contributed by atoms with Gasteiger partial charge in [0.15, 0.2) is 0 Å². The highest BCUT2D eigenvalue weighted by Gasteiger charge is 2.18. The lowest BCUT2D eigenvalue weighted by molar-refractivity contribution is -0.123. The maximum Gasteiger partial charge on any atom is 0.220 e. The molecule has 2 unspecified atom stereocenters. The fourth-order valence-electron chi connectivity index (χ4n) is 10.3. The summed E-state index contributed by atoms with van der Waals surface area (Å²) in [5.41, 5.74) is 0. The Balaban J connectivity index is 3.51. The number of carbonyl (C=O) groups excluding carboxylic acids is 1. The smallest absolute Gasteiger partial charge is 0.220 e. The number of allylic oxidation sites excluding steroid dienone is 17. The van der Waals surface area contributed by atoms with Gasteiger partial charge < -0.3 is 15.5 Å². The van der Waals surface area contributed by atoms with E-state index in [1.807, 2.05) is 6.08 Å². The van der Waals surface area contributed by atoms with Crippen LogP contribution in [-0.4, -0.2) is 34.9 Å². The third-order valence-electron chi connectivity index (χ3n) is 15.5. The molecule has 0 aromatic rings. The van der Waals surface area contributed by atoms with Gasteiger partial charge in [-0.15, -0.1) is 0 Å². The van der Waals surface area contributed by atoms with E-state index >= 15 is 0 Å². The molecule has 0 aromatic carbocycles. The van der Waals surface area contributed by atoms with Gasteiger partial charge in [-0.25, -0.2) is 0 Å². The van der Waals surface area contributed by atoms with Crippen molar-refractivity contribution < 1.29 is 15.0 Å². The van der Waals surface area contributed by atoms with E-state index in [2.05, 4.69) is 116 Å². The summed E-state index contributed by atoms with van der Waals surface area (Å²) in [5, 5.41) is 23.3. The first-order valence-corrected chi connectivity index (χ1v) is 34.6. The molecule has 0 spiro atoms. The first kappa shape index (κ1) is 76.0. The van der Waals surface area contributed by atoms with Crippen molar-refractivity contribution in [3.63, 3.8) is 0 Å². The molecule has 0 bridgehead atoms. The number of hydrogen-bond acceptors (Lipinski definition) is 3. The molecule has 1 amide bonds. The molecule has 0 aliphatic heterocycles. The number of rotatable bonds is 63. The molecule has 0 saturated carbocycles. The molecule has 0 aromatic heterocycles. The van der Waals surface area contributed by atoms with Crippen molar-refractivity contribution in [2.45, 2.75) is 353 Å².